The van der Waals surface area contributed by atoms with Gasteiger partial charge in [-0.1, -0.05) is 45.0 Å². The Bertz CT molecular complexity index is 1050. The van der Waals surface area contributed by atoms with Crippen LogP contribution < -0.4 is 0 Å². The molecule has 0 unspecified atom stereocenters. The molecule has 2 aromatic rings. The molecule has 0 aromatic heterocycles. The summed E-state index contributed by atoms with van der Waals surface area (Å²) in [4.78, 5) is 42.5. The van der Waals surface area contributed by atoms with Crippen LogP contribution in [0.1, 0.15) is 73.6 Å². The zero-order chi connectivity index (χ0) is 22.0. The van der Waals surface area contributed by atoms with E-state index in [1.807, 2.05) is 24.3 Å². The fourth-order valence-electron chi connectivity index (χ4n) is 6.57. The predicted octanol–water partition coefficient (Wildman–Crippen LogP) is 4.64. The quantitative estimate of drug-likeness (QED) is 0.680. The number of hydrogen-bond acceptors (Lipinski definition) is 3. The van der Waals surface area contributed by atoms with E-state index in [0.29, 0.717) is 30.0 Å². The van der Waals surface area contributed by atoms with Gasteiger partial charge in [0.25, 0.3) is 11.8 Å². The number of fused-ring (bicyclic) bond motifs is 2. The third kappa shape index (κ3) is 3.35. The first-order valence-corrected chi connectivity index (χ1v) is 11.3. The van der Waals surface area contributed by atoms with Gasteiger partial charge < -0.3 is 4.90 Å². The highest BCUT2D eigenvalue weighted by Gasteiger charge is 2.50. The number of carbonyl (C=O) groups excluding carboxylic acids is 3. The molecule has 5 rings (SSSR count). The summed E-state index contributed by atoms with van der Waals surface area (Å²) < 4.78 is 0. The van der Waals surface area contributed by atoms with Gasteiger partial charge in [-0.05, 0) is 54.0 Å². The first-order chi connectivity index (χ1) is 14.7. The molecule has 1 saturated heterocycles. The Hall–Kier alpha value is -2.69. The number of carbonyl (C=O) groups is 3. The minimum absolute atomic E-state index is 0.158. The van der Waals surface area contributed by atoms with Crippen molar-refractivity contribution in [2.24, 2.45) is 10.8 Å². The largest absolute Gasteiger partial charge is 0.339 e. The van der Waals surface area contributed by atoms with Gasteiger partial charge in [-0.15, -0.1) is 0 Å². The van der Waals surface area contributed by atoms with E-state index in [1.165, 1.54) is 4.90 Å². The molecule has 2 bridgehead atoms. The Balaban J connectivity index is 1.27. The Morgan fingerprint density at radius 1 is 1.00 bits per heavy atom. The summed E-state index contributed by atoms with van der Waals surface area (Å²) in [5, 5.41) is 1.65. The number of rotatable bonds is 4. The van der Waals surface area contributed by atoms with Gasteiger partial charge in [0.05, 0.1) is 0 Å². The van der Waals surface area contributed by atoms with E-state index in [9.17, 15) is 14.4 Å². The smallest absolute Gasteiger partial charge is 0.261 e. The van der Waals surface area contributed by atoms with E-state index in [2.05, 4.69) is 25.7 Å². The molecule has 2 heterocycles. The maximum absolute atomic E-state index is 13.0. The van der Waals surface area contributed by atoms with Crippen molar-refractivity contribution in [2.75, 3.05) is 13.1 Å². The van der Waals surface area contributed by atoms with E-state index in [1.54, 1.807) is 12.1 Å². The average molecular weight is 419 g/mol. The second kappa shape index (κ2) is 6.91. The zero-order valence-corrected chi connectivity index (χ0v) is 18.6. The van der Waals surface area contributed by atoms with Crippen LogP contribution in [0.25, 0.3) is 10.8 Å². The highest BCUT2D eigenvalue weighted by Crippen LogP contribution is 2.52. The van der Waals surface area contributed by atoms with Gasteiger partial charge in [0, 0.05) is 42.1 Å². The molecule has 0 radical (unpaired) electrons. The molecule has 1 aliphatic carbocycles. The summed E-state index contributed by atoms with van der Waals surface area (Å²) in [7, 11) is 0. The van der Waals surface area contributed by atoms with E-state index in [4.69, 9.17) is 0 Å². The molecule has 5 nitrogen and oxygen atoms in total. The van der Waals surface area contributed by atoms with Crippen LogP contribution in [0, 0.1) is 10.8 Å². The fourth-order valence-corrected chi connectivity index (χ4v) is 6.57. The normalized spacial score (nSPS) is 26.6. The van der Waals surface area contributed by atoms with Crippen LogP contribution >= 0.6 is 0 Å². The highest BCUT2D eigenvalue weighted by atomic mass is 16.2. The average Bonchev–Trinajstić information content (AvgIpc) is 2.97. The Morgan fingerprint density at radius 3 is 2.29 bits per heavy atom. The van der Waals surface area contributed by atoms with Crippen LogP contribution in [0.4, 0.5) is 0 Å². The first kappa shape index (κ1) is 20.2. The SMILES string of the molecule is CC1(C)C[C@@H]2C[C@@](C)(CN2C(=O)CCCN2C(=O)c3cccc4cccc(c34)C2=O)C1. The van der Waals surface area contributed by atoms with Gasteiger partial charge in [0.15, 0.2) is 0 Å². The molecule has 31 heavy (non-hydrogen) atoms. The van der Waals surface area contributed by atoms with Crippen LogP contribution in [0.5, 0.6) is 0 Å². The lowest BCUT2D eigenvalue weighted by atomic mass is 9.65. The summed E-state index contributed by atoms with van der Waals surface area (Å²) in [5.41, 5.74) is 1.63. The topological polar surface area (TPSA) is 57.7 Å². The van der Waals surface area contributed by atoms with Crippen molar-refractivity contribution in [2.45, 2.75) is 58.9 Å². The van der Waals surface area contributed by atoms with E-state index in [-0.39, 0.29) is 35.1 Å². The fraction of sp³-hybridized carbons (Fsp3) is 0.500. The molecule has 2 aromatic carbocycles. The number of nitrogens with zero attached hydrogens (tertiary/aromatic N) is 2. The van der Waals surface area contributed by atoms with Crippen LogP contribution in [0.2, 0.25) is 0 Å². The Morgan fingerprint density at radius 2 is 1.65 bits per heavy atom. The van der Waals surface area contributed by atoms with Gasteiger partial charge in [-0.3, -0.25) is 19.3 Å². The molecule has 3 aliphatic rings. The molecule has 2 aliphatic heterocycles. The molecular formula is C26H30N2O3. The van der Waals surface area contributed by atoms with Crippen molar-refractivity contribution in [3.8, 4) is 0 Å². The van der Waals surface area contributed by atoms with Crippen molar-refractivity contribution < 1.29 is 14.4 Å². The predicted molar refractivity (Wildman–Crippen MR) is 120 cm³/mol. The van der Waals surface area contributed by atoms with Crippen molar-refractivity contribution >= 4 is 28.5 Å². The van der Waals surface area contributed by atoms with E-state index in [0.717, 1.165) is 36.6 Å². The maximum Gasteiger partial charge on any atom is 0.261 e. The van der Waals surface area contributed by atoms with Crippen LogP contribution in [-0.2, 0) is 4.79 Å². The lowest BCUT2D eigenvalue weighted by molar-refractivity contribution is -0.132. The minimum atomic E-state index is -0.256. The summed E-state index contributed by atoms with van der Waals surface area (Å²) >= 11 is 0. The summed E-state index contributed by atoms with van der Waals surface area (Å²) in [6, 6.07) is 11.4. The summed E-state index contributed by atoms with van der Waals surface area (Å²) in [6.45, 7) is 8.01. The number of likely N-dealkylation sites (tertiary alicyclic amines) is 1. The number of hydrogen-bond donors (Lipinski definition) is 0. The highest BCUT2D eigenvalue weighted by molar-refractivity contribution is 6.25. The molecule has 162 valence electrons. The molecule has 1 saturated carbocycles. The number of imide groups is 1. The summed E-state index contributed by atoms with van der Waals surface area (Å²) in [5.74, 6) is -0.355. The zero-order valence-electron chi connectivity index (χ0n) is 18.6. The Kier molecular flexibility index (Phi) is 4.51. The molecule has 2 fully saturated rings. The second-order valence-corrected chi connectivity index (χ2v) is 10.8. The van der Waals surface area contributed by atoms with Crippen molar-refractivity contribution in [3.63, 3.8) is 0 Å². The van der Waals surface area contributed by atoms with Crippen LogP contribution in [0.15, 0.2) is 36.4 Å². The third-order valence-electron chi connectivity index (χ3n) is 7.36. The van der Waals surface area contributed by atoms with Gasteiger partial charge >= 0.3 is 0 Å². The molecule has 0 spiro atoms. The van der Waals surface area contributed by atoms with Gasteiger partial charge in [0.2, 0.25) is 5.91 Å². The van der Waals surface area contributed by atoms with Crippen LogP contribution in [0.3, 0.4) is 0 Å². The van der Waals surface area contributed by atoms with E-state index >= 15 is 0 Å². The van der Waals surface area contributed by atoms with Gasteiger partial charge in [-0.25, -0.2) is 0 Å². The molecule has 2 atom stereocenters. The van der Waals surface area contributed by atoms with Crippen molar-refractivity contribution in [1.29, 1.82) is 0 Å². The van der Waals surface area contributed by atoms with Crippen molar-refractivity contribution in [1.82, 2.24) is 9.80 Å². The van der Waals surface area contributed by atoms with E-state index < -0.39 is 0 Å². The number of amides is 3. The lowest BCUT2D eigenvalue weighted by Gasteiger charge is -2.39. The second-order valence-electron chi connectivity index (χ2n) is 10.8. The first-order valence-electron chi connectivity index (χ1n) is 11.3. The lowest BCUT2D eigenvalue weighted by Crippen LogP contribution is -2.41. The Labute approximate surface area is 183 Å². The number of benzene rings is 2. The standard InChI is InChI=1S/C26H30N2O3/c1-25(2)13-18-14-26(3,15-25)16-28(18)21(29)11-6-12-27-23(30)19-9-4-7-17-8-5-10-20(22(17)19)24(27)31/h4-5,7-10,18H,6,11-16H2,1-3H3/t18-,26-/m1/s1. The maximum atomic E-state index is 13.0. The van der Waals surface area contributed by atoms with Gasteiger partial charge in [-0.2, -0.15) is 0 Å². The monoisotopic (exact) mass is 418 g/mol. The van der Waals surface area contributed by atoms with Crippen LogP contribution in [-0.4, -0.2) is 46.7 Å². The molecule has 0 N–H and O–H groups in total. The minimum Gasteiger partial charge on any atom is -0.339 e. The molecule has 3 amide bonds. The molecular weight excluding hydrogens is 388 g/mol. The third-order valence-corrected chi connectivity index (χ3v) is 7.36. The summed E-state index contributed by atoms with van der Waals surface area (Å²) in [6.07, 6.45) is 4.17. The van der Waals surface area contributed by atoms with Gasteiger partial charge in [0.1, 0.15) is 0 Å². The molecule has 5 heteroatoms. The van der Waals surface area contributed by atoms with Crippen molar-refractivity contribution in [3.05, 3.63) is 47.5 Å².